The van der Waals surface area contributed by atoms with Crippen LogP contribution in [0.4, 0.5) is 19.7 Å². The van der Waals surface area contributed by atoms with Crippen LogP contribution in [0.1, 0.15) is 5.56 Å². The molecule has 34 heavy (non-hydrogen) atoms. The Kier molecular flexibility index (Phi) is 6.42. The third-order valence-electron chi connectivity index (χ3n) is 5.71. The Morgan fingerprint density at radius 2 is 1.91 bits per heavy atom. The second-order valence-electron chi connectivity index (χ2n) is 7.88. The van der Waals surface area contributed by atoms with Crippen LogP contribution in [0.25, 0.3) is 10.9 Å². The van der Waals surface area contributed by atoms with Gasteiger partial charge in [-0.2, -0.15) is 0 Å². The number of aliphatic hydroxyl groups is 1. The van der Waals surface area contributed by atoms with Gasteiger partial charge in [0, 0.05) is 30.2 Å². The van der Waals surface area contributed by atoms with Gasteiger partial charge in [-0.15, -0.1) is 0 Å². The number of hydrogen-bond donors (Lipinski definition) is 5. The number of likely N-dealkylation sites (tertiary alicyclic amines) is 1. The predicted octanol–water partition coefficient (Wildman–Crippen LogP) is 1.58. The Morgan fingerprint density at radius 1 is 1.18 bits per heavy atom. The molecular weight excluding hydrogens is 467 g/mol. The first-order chi connectivity index (χ1) is 16.2. The van der Waals surface area contributed by atoms with Crippen LogP contribution >= 0.6 is 11.6 Å². The topological polar surface area (TPSA) is 156 Å². The number of carbonyl (C=O) groups excluding carboxylic acids is 3. The minimum absolute atomic E-state index is 0.0919. The number of carbonyl (C=O) groups is 3. The number of aromatic nitrogens is 1. The maximum atomic E-state index is 14.1. The fourth-order valence-corrected chi connectivity index (χ4v) is 4.19. The minimum Gasteiger partial charge on any atom is -0.389 e. The molecule has 3 aromatic rings. The molecule has 1 aliphatic rings. The van der Waals surface area contributed by atoms with Crippen LogP contribution in [0, 0.1) is 5.82 Å². The molecule has 10 nitrogen and oxygen atoms in total. The molecule has 0 radical (unpaired) electrons. The summed E-state index contributed by atoms with van der Waals surface area (Å²) in [5.41, 5.74) is 12.2. The molecule has 4 amide bonds. The summed E-state index contributed by atoms with van der Waals surface area (Å²) in [6.07, 6.45) is 0.0239. The lowest BCUT2D eigenvalue weighted by molar-refractivity contribution is -0.127. The highest BCUT2D eigenvalue weighted by Crippen LogP contribution is 2.27. The van der Waals surface area contributed by atoms with Gasteiger partial charge in [0.25, 0.3) is 0 Å². The number of nitrogens with zero attached hydrogens (tertiary/aromatic N) is 2. The number of nitrogens with one attached hydrogen (secondary N) is 2. The molecule has 1 fully saturated rings. The lowest BCUT2D eigenvalue weighted by atomic mass is 10.1. The van der Waals surface area contributed by atoms with Crippen LogP contribution < -0.4 is 22.1 Å². The molecule has 0 bridgehead atoms. The molecule has 7 N–H and O–H groups in total. The number of amides is 4. The van der Waals surface area contributed by atoms with Gasteiger partial charge in [0.2, 0.25) is 5.91 Å². The van der Waals surface area contributed by atoms with Gasteiger partial charge in [0.05, 0.1) is 22.3 Å². The second kappa shape index (κ2) is 9.29. The van der Waals surface area contributed by atoms with E-state index in [1.165, 1.54) is 29.0 Å². The average molecular weight is 489 g/mol. The van der Waals surface area contributed by atoms with Gasteiger partial charge in [-0.05, 0) is 12.1 Å². The number of nitrogens with two attached hydrogens (primary N) is 2. The summed E-state index contributed by atoms with van der Waals surface area (Å²) < 4.78 is 15.3. The molecular formula is C22H22ClFN6O4. The van der Waals surface area contributed by atoms with Gasteiger partial charge < -0.3 is 32.1 Å². The number of anilines is 1. The smallest absolute Gasteiger partial charge is 0.323 e. The number of fused-ring (bicyclic) bond motifs is 1. The van der Waals surface area contributed by atoms with Crippen LogP contribution in [0.2, 0.25) is 5.02 Å². The highest BCUT2D eigenvalue weighted by Gasteiger charge is 2.45. The number of primary amides is 1. The van der Waals surface area contributed by atoms with Gasteiger partial charge in [-0.1, -0.05) is 41.9 Å². The van der Waals surface area contributed by atoms with E-state index < -0.39 is 42.0 Å². The molecule has 2 heterocycles. The van der Waals surface area contributed by atoms with Crippen LogP contribution in [0.15, 0.2) is 48.7 Å². The molecule has 1 saturated heterocycles. The van der Waals surface area contributed by atoms with Crippen molar-refractivity contribution in [3.63, 3.8) is 0 Å². The fourth-order valence-electron chi connectivity index (χ4n) is 3.99. The van der Waals surface area contributed by atoms with Gasteiger partial charge >= 0.3 is 12.1 Å². The Balaban J connectivity index is 1.54. The van der Waals surface area contributed by atoms with E-state index in [9.17, 15) is 23.9 Å². The van der Waals surface area contributed by atoms with Gasteiger partial charge in [-0.3, -0.25) is 9.36 Å². The highest BCUT2D eigenvalue weighted by atomic mass is 35.5. The van der Waals surface area contributed by atoms with Crippen LogP contribution in [0.3, 0.4) is 0 Å². The first-order valence-electron chi connectivity index (χ1n) is 10.3. The SMILES string of the molecule is NC(=O)n1cc(NC(=O)N2C[C@@H](N)[C@H](O)[C@H]2C(=O)NCc2cccc(Cl)c2F)c2ccccc21. The van der Waals surface area contributed by atoms with E-state index >= 15 is 0 Å². The number of aliphatic hydroxyl groups excluding tert-OH is 1. The zero-order valence-electron chi connectivity index (χ0n) is 17.7. The third kappa shape index (κ3) is 4.28. The van der Waals surface area contributed by atoms with E-state index in [1.807, 2.05) is 0 Å². The zero-order chi connectivity index (χ0) is 24.6. The molecule has 4 rings (SSSR count). The Hall–Kier alpha value is -3.67. The first-order valence-corrected chi connectivity index (χ1v) is 10.7. The van der Waals surface area contributed by atoms with Crippen molar-refractivity contribution in [3.05, 3.63) is 65.1 Å². The van der Waals surface area contributed by atoms with Crippen molar-refractivity contribution >= 4 is 46.2 Å². The van der Waals surface area contributed by atoms with Crippen molar-refractivity contribution in [1.29, 1.82) is 0 Å². The van der Waals surface area contributed by atoms with Gasteiger partial charge in [0.15, 0.2) is 0 Å². The van der Waals surface area contributed by atoms with Gasteiger partial charge in [-0.25, -0.2) is 14.0 Å². The number of rotatable bonds is 4. The number of urea groups is 1. The standard InChI is InChI=1S/C22H22ClFN6O4/c23-13-6-3-4-11(17(13)24)8-27-20(32)18-19(31)14(25)9-30(18)22(34)28-15-10-29(21(26)33)16-7-2-1-5-12(15)16/h1-7,10,14,18-19,31H,8-9,25H2,(H2,26,33)(H,27,32)(H,28,34)/t14-,18+,19+/m1/s1. The summed E-state index contributed by atoms with van der Waals surface area (Å²) in [6.45, 7) is -0.309. The lowest BCUT2D eigenvalue weighted by Crippen LogP contribution is -2.51. The number of para-hydroxylation sites is 1. The fraction of sp³-hybridized carbons (Fsp3) is 0.227. The van der Waals surface area contributed by atoms with Crippen LogP contribution in [-0.4, -0.2) is 57.3 Å². The van der Waals surface area contributed by atoms with Crippen molar-refractivity contribution in [2.24, 2.45) is 11.5 Å². The highest BCUT2D eigenvalue weighted by molar-refractivity contribution is 6.30. The Labute approximate surface area is 198 Å². The molecule has 1 aromatic heterocycles. The minimum atomic E-state index is -1.35. The molecule has 0 saturated carbocycles. The van der Waals surface area contributed by atoms with Crippen molar-refractivity contribution in [3.8, 4) is 0 Å². The Bertz CT molecular complexity index is 1280. The molecule has 0 unspecified atom stereocenters. The molecule has 1 aliphatic heterocycles. The molecule has 12 heteroatoms. The van der Waals surface area contributed by atoms with E-state index in [0.717, 1.165) is 4.90 Å². The van der Waals surface area contributed by atoms with E-state index in [2.05, 4.69) is 10.6 Å². The summed E-state index contributed by atoms with van der Waals surface area (Å²) in [4.78, 5) is 38.8. The number of benzene rings is 2. The van der Waals surface area contributed by atoms with Crippen LogP contribution in [-0.2, 0) is 11.3 Å². The summed E-state index contributed by atoms with van der Waals surface area (Å²) in [5.74, 6) is -1.39. The maximum Gasteiger partial charge on any atom is 0.323 e. The molecule has 178 valence electrons. The monoisotopic (exact) mass is 488 g/mol. The third-order valence-corrected chi connectivity index (χ3v) is 6.00. The molecule has 0 spiro atoms. The average Bonchev–Trinajstić information content (AvgIpc) is 3.32. The summed E-state index contributed by atoms with van der Waals surface area (Å²) in [6, 6.07) is 7.52. The lowest BCUT2D eigenvalue weighted by Gasteiger charge is -2.25. The number of hydrogen-bond acceptors (Lipinski definition) is 5. The van der Waals surface area contributed by atoms with Crippen molar-refractivity contribution in [2.45, 2.75) is 24.7 Å². The van der Waals surface area contributed by atoms with Gasteiger partial charge in [0.1, 0.15) is 18.0 Å². The Morgan fingerprint density at radius 3 is 2.65 bits per heavy atom. The quantitative estimate of drug-likeness (QED) is 0.377. The summed E-state index contributed by atoms with van der Waals surface area (Å²) >= 11 is 5.77. The first kappa shape index (κ1) is 23.5. The van der Waals surface area contributed by atoms with Crippen molar-refractivity contribution < 1.29 is 23.9 Å². The zero-order valence-corrected chi connectivity index (χ0v) is 18.5. The van der Waals surface area contributed by atoms with E-state index in [4.69, 9.17) is 23.1 Å². The molecule has 0 aliphatic carbocycles. The van der Waals surface area contributed by atoms with E-state index in [1.54, 1.807) is 24.3 Å². The normalized spacial score (nSPS) is 19.9. The largest absolute Gasteiger partial charge is 0.389 e. The number of halogens is 2. The van der Waals surface area contributed by atoms with E-state index in [-0.39, 0.29) is 29.4 Å². The predicted molar refractivity (Wildman–Crippen MR) is 124 cm³/mol. The molecule has 3 atom stereocenters. The van der Waals surface area contributed by atoms with Crippen LogP contribution in [0.5, 0.6) is 0 Å². The second-order valence-corrected chi connectivity index (χ2v) is 8.29. The van der Waals surface area contributed by atoms with Crippen molar-refractivity contribution in [1.82, 2.24) is 14.8 Å². The molecule has 2 aromatic carbocycles. The van der Waals surface area contributed by atoms with Crippen molar-refractivity contribution in [2.75, 3.05) is 11.9 Å². The van der Waals surface area contributed by atoms with E-state index in [0.29, 0.717) is 10.9 Å². The summed E-state index contributed by atoms with van der Waals surface area (Å²) in [5, 5.41) is 16.1. The summed E-state index contributed by atoms with van der Waals surface area (Å²) in [7, 11) is 0. The maximum absolute atomic E-state index is 14.1.